The summed E-state index contributed by atoms with van der Waals surface area (Å²) in [5.74, 6) is -2.00. The Bertz CT molecular complexity index is 2000. The molecule has 0 aliphatic rings. The van der Waals surface area contributed by atoms with Gasteiger partial charge < -0.3 is 28.5 Å². The first-order valence-electron chi connectivity index (χ1n) is 38.3. The minimum Gasteiger partial charge on any atom is -0.477 e. The van der Waals surface area contributed by atoms with Crippen LogP contribution in [0.3, 0.4) is 0 Å². The zero-order valence-electron chi connectivity index (χ0n) is 60.9. The third-order valence-corrected chi connectivity index (χ3v) is 16.4. The molecule has 0 saturated heterocycles. The number of hydrogen-bond donors (Lipinski definition) is 1. The van der Waals surface area contributed by atoms with Crippen LogP contribution in [0.25, 0.3) is 0 Å². The zero-order valence-corrected chi connectivity index (χ0v) is 60.9. The molecule has 0 amide bonds. The lowest BCUT2D eigenvalue weighted by molar-refractivity contribution is -0.870. The molecule has 1 N–H and O–H groups in total. The number of carboxylic acids is 1. The highest BCUT2D eigenvalue weighted by molar-refractivity contribution is 5.71. The molecule has 0 heterocycles. The quantitative estimate of drug-likeness (QED) is 0.0211. The highest BCUT2D eigenvalue weighted by Gasteiger charge is 2.25. The lowest BCUT2D eigenvalue weighted by Crippen LogP contribution is -2.40. The summed E-state index contributed by atoms with van der Waals surface area (Å²) in [7, 11) is 5.98. The first-order valence-corrected chi connectivity index (χ1v) is 38.3. The molecular formula is C84H144NO8+. The van der Waals surface area contributed by atoms with E-state index in [-0.39, 0.29) is 32.2 Å². The summed E-state index contributed by atoms with van der Waals surface area (Å²) in [6.45, 7) is 4.68. The van der Waals surface area contributed by atoms with Crippen molar-refractivity contribution >= 4 is 17.9 Å². The summed E-state index contributed by atoms with van der Waals surface area (Å²) in [6.07, 6.45) is 103. The van der Waals surface area contributed by atoms with Crippen LogP contribution in [-0.2, 0) is 33.3 Å². The predicted molar refractivity (Wildman–Crippen MR) is 401 cm³/mol. The molecule has 0 fully saturated rings. The fourth-order valence-corrected chi connectivity index (χ4v) is 10.6. The van der Waals surface area contributed by atoms with Crippen molar-refractivity contribution in [3.05, 3.63) is 134 Å². The van der Waals surface area contributed by atoms with Gasteiger partial charge in [0, 0.05) is 12.8 Å². The van der Waals surface area contributed by atoms with Gasteiger partial charge in [-0.05, 0) is 109 Å². The van der Waals surface area contributed by atoms with E-state index in [0.717, 1.165) is 109 Å². The molecule has 9 nitrogen and oxygen atoms in total. The number of esters is 2. The van der Waals surface area contributed by atoms with Crippen LogP contribution in [0.1, 0.15) is 322 Å². The number of allylic oxidation sites excluding steroid dienone is 22. The van der Waals surface area contributed by atoms with Gasteiger partial charge in [0.1, 0.15) is 13.2 Å². The van der Waals surface area contributed by atoms with Crippen LogP contribution in [0.2, 0.25) is 0 Å². The van der Waals surface area contributed by atoms with Crippen molar-refractivity contribution in [1.29, 1.82) is 0 Å². The Morgan fingerprint density at radius 2 is 0.581 bits per heavy atom. The normalized spacial score (nSPS) is 13.4. The van der Waals surface area contributed by atoms with Gasteiger partial charge in [-0.1, -0.05) is 334 Å². The Kier molecular flexibility index (Phi) is 69.6. The number of ether oxygens (including phenoxy) is 4. The maximum atomic E-state index is 13.0. The van der Waals surface area contributed by atoms with E-state index in [4.69, 9.17) is 18.9 Å². The van der Waals surface area contributed by atoms with E-state index in [9.17, 15) is 19.5 Å². The van der Waals surface area contributed by atoms with Gasteiger partial charge in [-0.3, -0.25) is 9.59 Å². The summed E-state index contributed by atoms with van der Waals surface area (Å²) >= 11 is 0. The van der Waals surface area contributed by atoms with Crippen molar-refractivity contribution in [3.8, 4) is 0 Å². The van der Waals surface area contributed by atoms with Gasteiger partial charge in [-0.25, -0.2) is 4.79 Å². The van der Waals surface area contributed by atoms with Crippen molar-refractivity contribution in [2.45, 2.75) is 334 Å². The number of hydrogen-bond acceptors (Lipinski definition) is 7. The van der Waals surface area contributed by atoms with Gasteiger partial charge in [0.05, 0.1) is 34.4 Å². The van der Waals surface area contributed by atoms with Crippen LogP contribution in [0.15, 0.2) is 134 Å². The van der Waals surface area contributed by atoms with Crippen LogP contribution < -0.4 is 0 Å². The zero-order chi connectivity index (χ0) is 67.5. The Morgan fingerprint density at radius 1 is 0.323 bits per heavy atom. The van der Waals surface area contributed by atoms with Gasteiger partial charge in [0.2, 0.25) is 0 Å². The Labute approximate surface area is 573 Å². The predicted octanol–water partition coefficient (Wildman–Crippen LogP) is 24.5. The number of carbonyl (C=O) groups is 3. The first kappa shape index (κ1) is 88.4. The molecule has 2 atom stereocenters. The topological polar surface area (TPSA) is 108 Å². The fourth-order valence-electron chi connectivity index (χ4n) is 10.6. The molecule has 0 aromatic rings. The molecule has 0 spiro atoms. The number of nitrogens with zero attached hydrogens (tertiary/aromatic N) is 1. The van der Waals surface area contributed by atoms with Crippen LogP contribution in [0, 0.1) is 0 Å². The van der Waals surface area contributed by atoms with E-state index in [0.29, 0.717) is 17.4 Å². The van der Waals surface area contributed by atoms with Crippen LogP contribution in [0.4, 0.5) is 0 Å². The SMILES string of the molecule is CC/C=C\C/C=C\C/C=C\C/C=C\C/C=C\C/C=C\CCCCCCCCCCCCCCCCC(=O)OC(COC(=O)CCCCCCCCCCCCCCCCCCCCC/C=C\C/C=C\C/C=C\C/C=C\C/C=C\CC)COC(OCC[N+](C)(C)C)C(=O)O. The van der Waals surface area contributed by atoms with Gasteiger partial charge in [0.15, 0.2) is 6.10 Å². The molecular weight excluding hydrogens is 1150 g/mol. The lowest BCUT2D eigenvalue weighted by atomic mass is 10.0. The van der Waals surface area contributed by atoms with E-state index in [1.54, 1.807) is 0 Å². The molecule has 0 aromatic heterocycles. The van der Waals surface area contributed by atoms with Crippen LogP contribution in [-0.4, -0.2) is 87.4 Å². The lowest BCUT2D eigenvalue weighted by Gasteiger charge is -2.25. The third kappa shape index (κ3) is 74.7. The largest absolute Gasteiger partial charge is 0.477 e. The Balaban J connectivity index is 4.06. The molecule has 9 heteroatoms. The number of likely N-dealkylation sites (N-methyl/N-ethyl adjacent to an activating group) is 1. The molecule has 93 heavy (non-hydrogen) atoms. The van der Waals surface area contributed by atoms with Crippen molar-refractivity contribution in [1.82, 2.24) is 0 Å². The monoisotopic (exact) mass is 1300 g/mol. The van der Waals surface area contributed by atoms with Crippen LogP contribution in [0.5, 0.6) is 0 Å². The van der Waals surface area contributed by atoms with Gasteiger partial charge in [-0.15, -0.1) is 0 Å². The fraction of sp³-hybridized carbons (Fsp3) is 0.702. The molecule has 0 radical (unpaired) electrons. The minimum atomic E-state index is -1.52. The standard InChI is InChI=1S/C84H143NO8/c1-6-8-10-12-14-16-18-20-22-24-26-28-30-32-34-36-38-40-41-43-44-46-48-50-52-54-56-58-60-62-64-66-68-70-72-74-81(86)91-78-80(79-92-84(83(88)89)90-77-76-85(3,4)5)93-82(87)75-73-71-69-67-65-63-61-59-57-55-53-51-49-47-45-42-39-37-35-33-31-29-27-25-23-21-19-17-15-13-11-9-7-2/h8-11,14-17,20-23,26-29,32-35,39,42,80,84H,6-7,12-13,18-19,24-25,30-31,36-38,40-41,43-79H2,1-5H3/p+1/b10-8-,11-9-,16-14-,17-15-,22-20-,23-21-,28-26-,29-27-,34-32-,35-33-,42-39-. The molecule has 0 bridgehead atoms. The van der Waals surface area contributed by atoms with Crippen molar-refractivity contribution in [2.75, 3.05) is 47.5 Å². The summed E-state index contributed by atoms with van der Waals surface area (Å²) < 4.78 is 23.0. The van der Waals surface area contributed by atoms with Gasteiger partial charge in [-0.2, -0.15) is 0 Å². The average molecular weight is 1300 g/mol. The maximum Gasteiger partial charge on any atom is 0.361 e. The number of carbonyl (C=O) groups excluding carboxylic acids is 2. The van der Waals surface area contributed by atoms with Gasteiger partial charge in [0.25, 0.3) is 6.29 Å². The molecule has 0 rings (SSSR count). The molecule has 532 valence electrons. The van der Waals surface area contributed by atoms with E-state index in [2.05, 4.69) is 148 Å². The van der Waals surface area contributed by atoms with E-state index >= 15 is 0 Å². The molecule has 2 unspecified atom stereocenters. The highest BCUT2D eigenvalue weighted by Crippen LogP contribution is 2.18. The maximum absolute atomic E-state index is 13.0. The summed E-state index contributed by atoms with van der Waals surface area (Å²) in [5, 5.41) is 9.77. The minimum absolute atomic E-state index is 0.184. The highest BCUT2D eigenvalue weighted by atomic mass is 16.7. The van der Waals surface area contributed by atoms with Gasteiger partial charge >= 0.3 is 17.9 Å². The summed E-state index contributed by atoms with van der Waals surface area (Å²) in [4.78, 5) is 37.7. The summed E-state index contributed by atoms with van der Waals surface area (Å²) in [5.41, 5.74) is 0. The average Bonchev–Trinajstić information content (AvgIpc) is 3.74. The third-order valence-electron chi connectivity index (χ3n) is 16.4. The number of rotatable bonds is 70. The second-order valence-electron chi connectivity index (χ2n) is 26.6. The van der Waals surface area contributed by atoms with E-state index < -0.39 is 24.3 Å². The molecule has 0 aromatic carbocycles. The number of unbranched alkanes of at least 4 members (excludes halogenated alkanes) is 33. The van der Waals surface area contributed by atoms with E-state index in [1.807, 2.05) is 21.1 Å². The Morgan fingerprint density at radius 3 is 0.860 bits per heavy atom. The van der Waals surface area contributed by atoms with Crippen molar-refractivity contribution in [3.63, 3.8) is 0 Å². The number of carboxylic acid groups (broad SMARTS) is 1. The summed E-state index contributed by atoms with van der Waals surface area (Å²) in [6, 6.07) is 0. The smallest absolute Gasteiger partial charge is 0.361 e. The van der Waals surface area contributed by atoms with Crippen molar-refractivity contribution in [2.24, 2.45) is 0 Å². The second-order valence-corrected chi connectivity index (χ2v) is 26.6. The number of aliphatic carboxylic acids is 1. The van der Waals surface area contributed by atoms with Crippen LogP contribution >= 0.6 is 0 Å². The Hall–Kier alpha value is -4.57. The first-order chi connectivity index (χ1) is 45.6. The number of quaternary nitrogens is 1. The second kappa shape index (κ2) is 73.2. The van der Waals surface area contributed by atoms with Crippen molar-refractivity contribution < 1.29 is 42.9 Å². The molecule has 0 aliphatic carbocycles. The molecule has 0 saturated carbocycles. The molecule has 0 aliphatic heterocycles. The van der Waals surface area contributed by atoms with E-state index in [1.165, 1.54) is 186 Å².